The first kappa shape index (κ1) is 17.8. The zero-order valence-corrected chi connectivity index (χ0v) is 15.3. The fourth-order valence-electron chi connectivity index (χ4n) is 3.01. The van der Waals surface area contributed by atoms with Crippen LogP contribution in [-0.4, -0.2) is 36.9 Å². The molecule has 0 N–H and O–H groups in total. The quantitative estimate of drug-likeness (QED) is 0.808. The van der Waals surface area contributed by atoms with E-state index in [9.17, 15) is 9.59 Å². The highest BCUT2D eigenvalue weighted by Crippen LogP contribution is 2.26. The summed E-state index contributed by atoms with van der Waals surface area (Å²) in [5.74, 6) is -0.302. The zero-order valence-electron chi connectivity index (χ0n) is 13.8. The molecule has 0 aliphatic carbocycles. The molecule has 1 fully saturated rings. The van der Waals surface area contributed by atoms with Crippen molar-refractivity contribution < 1.29 is 9.59 Å². The first-order valence-corrected chi connectivity index (χ1v) is 8.80. The summed E-state index contributed by atoms with van der Waals surface area (Å²) in [6, 6.07) is 14.3. The number of hydrogen-bond donors (Lipinski definition) is 0. The Morgan fingerprint density at radius 2 is 1.80 bits per heavy atom. The highest BCUT2D eigenvalue weighted by molar-refractivity contribution is 6.42. The number of anilines is 1. The van der Waals surface area contributed by atoms with E-state index >= 15 is 0 Å². The first-order chi connectivity index (χ1) is 12.0. The Hall–Kier alpha value is -2.04. The maximum absolute atomic E-state index is 12.7. The predicted octanol–water partition coefficient (Wildman–Crippen LogP) is 4.12. The second kappa shape index (κ2) is 7.46. The molecule has 1 saturated heterocycles. The third-order valence-electron chi connectivity index (χ3n) is 4.47. The predicted molar refractivity (Wildman–Crippen MR) is 100 cm³/mol. The molecule has 3 rings (SSSR count). The molecule has 1 aliphatic rings. The van der Waals surface area contributed by atoms with Gasteiger partial charge in [-0.1, -0.05) is 41.4 Å². The van der Waals surface area contributed by atoms with Crippen molar-refractivity contribution in [3.05, 3.63) is 64.1 Å². The lowest BCUT2D eigenvalue weighted by molar-refractivity contribution is -0.121. The van der Waals surface area contributed by atoms with E-state index in [0.717, 1.165) is 5.69 Å². The molecular weight excluding hydrogens is 359 g/mol. The van der Waals surface area contributed by atoms with Gasteiger partial charge in [0.25, 0.3) is 5.91 Å². The number of para-hydroxylation sites is 1. The van der Waals surface area contributed by atoms with E-state index in [2.05, 4.69) is 0 Å². The smallest absolute Gasteiger partial charge is 0.253 e. The molecule has 1 atom stereocenters. The first-order valence-electron chi connectivity index (χ1n) is 8.04. The largest absolute Gasteiger partial charge is 0.338 e. The van der Waals surface area contributed by atoms with Gasteiger partial charge in [-0.3, -0.25) is 9.59 Å². The molecule has 6 heteroatoms. The Morgan fingerprint density at radius 1 is 1.08 bits per heavy atom. The summed E-state index contributed by atoms with van der Waals surface area (Å²) in [6.45, 7) is 0.965. The lowest BCUT2D eigenvalue weighted by Crippen LogP contribution is -2.36. The van der Waals surface area contributed by atoms with Gasteiger partial charge in [0.05, 0.1) is 16.0 Å². The number of rotatable bonds is 3. The minimum Gasteiger partial charge on any atom is -0.338 e. The maximum atomic E-state index is 12.7. The van der Waals surface area contributed by atoms with Crippen molar-refractivity contribution >= 4 is 40.7 Å². The molecule has 2 aromatic carbocycles. The van der Waals surface area contributed by atoms with Crippen molar-refractivity contribution in [2.75, 3.05) is 25.0 Å². The molecule has 25 heavy (non-hydrogen) atoms. The Morgan fingerprint density at radius 3 is 2.48 bits per heavy atom. The topological polar surface area (TPSA) is 40.6 Å². The molecule has 130 valence electrons. The number of halogens is 2. The molecule has 0 aromatic heterocycles. The summed E-state index contributed by atoms with van der Waals surface area (Å²) in [6.07, 6.45) is 0.656. The van der Waals surface area contributed by atoms with Crippen molar-refractivity contribution in [3.8, 4) is 0 Å². The van der Waals surface area contributed by atoms with Crippen LogP contribution in [0, 0.1) is 5.92 Å². The van der Waals surface area contributed by atoms with Gasteiger partial charge in [0.15, 0.2) is 0 Å². The van der Waals surface area contributed by atoms with E-state index in [1.165, 1.54) is 0 Å². The van der Waals surface area contributed by atoms with Crippen molar-refractivity contribution in [1.29, 1.82) is 0 Å². The zero-order chi connectivity index (χ0) is 18.0. The summed E-state index contributed by atoms with van der Waals surface area (Å²) in [7, 11) is 1.76. The van der Waals surface area contributed by atoms with Gasteiger partial charge in [-0.2, -0.15) is 0 Å². The van der Waals surface area contributed by atoms with E-state index in [4.69, 9.17) is 23.2 Å². The van der Waals surface area contributed by atoms with Crippen molar-refractivity contribution in [2.45, 2.75) is 6.42 Å². The van der Waals surface area contributed by atoms with Gasteiger partial charge >= 0.3 is 0 Å². The number of carbonyl (C=O) groups excluding carboxylic acids is 2. The molecule has 1 heterocycles. The van der Waals surface area contributed by atoms with Crippen LogP contribution in [0.1, 0.15) is 16.8 Å². The number of amides is 2. The van der Waals surface area contributed by atoms with Gasteiger partial charge in [-0.15, -0.1) is 0 Å². The van der Waals surface area contributed by atoms with Crippen LogP contribution in [0.5, 0.6) is 0 Å². The number of hydrogen-bond acceptors (Lipinski definition) is 2. The molecule has 1 unspecified atom stereocenters. The molecular formula is C19H18Cl2N2O2. The van der Waals surface area contributed by atoms with Crippen LogP contribution in [0.3, 0.4) is 0 Å². The van der Waals surface area contributed by atoms with Crippen LogP contribution in [0.15, 0.2) is 48.5 Å². The number of nitrogens with zero attached hydrogens (tertiary/aromatic N) is 2. The summed E-state index contributed by atoms with van der Waals surface area (Å²) in [5.41, 5.74) is 1.33. The molecule has 2 amide bonds. The Kier molecular flexibility index (Phi) is 5.30. The highest BCUT2D eigenvalue weighted by atomic mass is 35.5. The minimum absolute atomic E-state index is 0.0237. The van der Waals surface area contributed by atoms with Crippen LogP contribution < -0.4 is 4.90 Å². The van der Waals surface area contributed by atoms with Crippen LogP contribution in [-0.2, 0) is 4.79 Å². The molecule has 0 bridgehead atoms. The summed E-state index contributed by atoms with van der Waals surface area (Å²) in [4.78, 5) is 28.7. The van der Waals surface area contributed by atoms with E-state index in [-0.39, 0.29) is 17.7 Å². The molecule has 4 nitrogen and oxygen atoms in total. The monoisotopic (exact) mass is 376 g/mol. The van der Waals surface area contributed by atoms with Gasteiger partial charge in [0, 0.05) is 31.4 Å². The Bertz CT molecular complexity index is 795. The van der Waals surface area contributed by atoms with Gasteiger partial charge in [0.2, 0.25) is 5.91 Å². The third kappa shape index (κ3) is 3.80. The van der Waals surface area contributed by atoms with Crippen molar-refractivity contribution in [1.82, 2.24) is 4.90 Å². The van der Waals surface area contributed by atoms with Gasteiger partial charge < -0.3 is 9.80 Å². The third-order valence-corrected chi connectivity index (χ3v) is 5.20. The van der Waals surface area contributed by atoms with E-state index in [1.54, 1.807) is 35.0 Å². The van der Waals surface area contributed by atoms with E-state index in [0.29, 0.717) is 35.1 Å². The number of carbonyl (C=O) groups is 2. The molecule has 1 aliphatic heterocycles. The SMILES string of the molecule is CN(C(=O)C1CCN(C(=O)c2ccc(Cl)c(Cl)c2)C1)c1ccccc1. The summed E-state index contributed by atoms with van der Waals surface area (Å²) < 4.78 is 0. The summed E-state index contributed by atoms with van der Waals surface area (Å²) in [5, 5.41) is 0.764. The standard InChI is InChI=1S/C19H18Cl2N2O2/c1-22(15-5-3-2-4-6-15)18(24)14-9-10-23(12-14)19(25)13-7-8-16(20)17(21)11-13/h2-8,11,14H,9-10,12H2,1H3. The van der Waals surface area contributed by atoms with Crippen LogP contribution >= 0.6 is 23.2 Å². The van der Waals surface area contributed by atoms with Crippen molar-refractivity contribution in [2.24, 2.45) is 5.92 Å². The molecule has 2 aromatic rings. The van der Waals surface area contributed by atoms with E-state index < -0.39 is 0 Å². The lowest BCUT2D eigenvalue weighted by Gasteiger charge is -2.22. The van der Waals surface area contributed by atoms with Crippen LogP contribution in [0.25, 0.3) is 0 Å². The lowest BCUT2D eigenvalue weighted by atomic mass is 10.1. The van der Waals surface area contributed by atoms with Crippen LogP contribution in [0.2, 0.25) is 10.0 Å². The average Bonchev–Trinajstić information content (AvgIpc) is 3.13. The van der Waals surface area contributed by atoms with Gasteiger partial charge in [-0.05, 0) is 36.8 Å². The molecule has 0 radical (unpaired) electrons. The van der Waals surface area contributed by atoms with Crippen molar-refractivity contribution in [3.63, 3.8) is 0 Å². The summed E-state index contributed by atoms with van der Waals surface area (Å²) >= 11 is 11.9. The highest BCUT2D eigenvalue weighted by Gasteiger charge is 2.33. The Balaban J connectivity index is 1.67. The molecule has 0 spiro atoms. The number of benzene rings is 2. The normalized spacial score (nSPS) is 16.8. The van der Waals surface area contributed by atoms with E-state index in [1.807, 2.05) is 30.3 Å². The Labute approximate surface area is 156 Å². The maximum Gasteiger partial charge on any atom is 0.253 e. The second-order valence-corrected chi connectivity index (χ2v) is 6.91. The number of likely N-dealkylation sites (tertiary alicyclic amines) is 1. The fraction of sp³-hybridized carbons (Fsp3) is 0.263. The second-order valence-electron chi connectivity index (χ2n) is 6.10. The van der Waals surface area contributed by atoms with Crippen LogP contribution in [0.4, 0.5) is 5.69 Å². The average molecular weight is 377 g/mol. The van der Waals surface area contributed by atoms with Gasteiger partial charge in [0.1, 0.15) is 0 Å². The van der Waals surface area contributed by atoms with Gasteiger partial charge in [-0.25, -0.2) is 0 Å². The molecule has 0 saturated carbocycles. The minimum atomic E-state index is -0.197. The fourth-order valence-corrected chi connectivity index (χ4v) is 3.31.